The summed E-state index contributed by atoms with van der Waals surface area (Å²) in [4.78, 5) is 11.1. The molecule has 18 heavy (non-hydrogen) atoms. The van der Waals surface area contributed by atoms with Crippen LogP contribution in [0.1, 0.15) is 16.1 Å². The van der Waals surface area contributed by atoms with Crippen molar-refractivity contribution >= 4 is 44.1 Å². The van der Waals surface area contributed by atoms with Crippen molar-refractivity contribution in [3.05, 3.63) is 39.7 Å². The fourth-order valence-corrected chi connectivity index (χ4v) is 2.60. The number of aromatic nitrogens is 1. The first-order chi connectivity index (χ1) is 8.49. The van der Waals surface area contributed by atoms with Crippen LogP contribution in [0.2, 0.25) is 0 Å². The van der Waals surface area contributed by atoms with E-state index in [1.165, 1.54) is 18.2 Å². The van der Waals surface area contributed by atoms with Crippen LogP contribution < -0.4 is 5.32 Å². The monoisotopic (exact) mass is 330 g/mol. The summed E-state index contributed by atoms with van der Waals surface area (Å²) in [6.07, 6.45) is 0. The number of hydrogen-bond acceptors (Lipinski definition) is 4. The third-order valence-electron chi connectivity index (χ3n) is 2.25. The second-order valence-electron chi connectivity index (χ2n) is 3.53. The van der Waals surface area contributed by atoms with Gasteiger partial charge in [0.25, 0.3) is 0 Å². The highest BCUT2D eigenvalue weighted by Crippen LogP contribution is 2.29. The highest BCUT2D eigenvalue weighted by atomic mass is 79.9. The third kappa shape index (κ3) is 2.51. The molecule has 2 aromatic rings. The minimum Gasteiger partial charge on any atom is -0.478 e. The predicted molar refractivity (Wildman–Crippen MR) is 71.2 cm³/mol. The summed E-state index contributed by atoms with van der Waals surface area (Å²) in [5, 5.41) is 12.4. The molecule has 0 aliphatic carbocycles. The molecule has 0 radical (unpaired) electrons. The quantitative estimate of drug-likeness (QED) is 0.898. The first-order valence-corrected chi connectivity index (χ1v) is 6.47. The highest BCUT2D eigenvalue weighted by molar-refractivity contribution is 9.10. The Balaban J connectivity index is 2.34. The number of halogens is 2. The Hall–Kier alpha value is -1.47. The predicted octanol–water partition coefficient (Wildman–Crippen LogP) is 3.79. The van der Waals surface area contributed by atoms with Gasteiger partial charge in [-0.1, -0.05) is 0 Å². The van der Waals surface area contributed by atoms with Crippen LogP contribution in [0.4, 0.5) is 15.1 Å². The highest BCUT2D eigenvalue weighted by Gasteiger charge is 2.17. The fourth-order valence-electron chi connectivity index (χ4n) is 1.41. The average Bonchev–Trinajstić information content (AvgIpc) is 2.65. The van der Waals surface area contributed by atoms with Crippen molar-refractivity contribution < 1.29 is 14.3 Å². The molecule has 7 heteroatoms. The first kappa shape index (κ1) is 13.0. The van der Waals surface area contributed by atoms with E-state index in [4.69, 9.17) is 5.11 Å². The van der Waals surface area contributed by atoms with Gasteiger partial charge in [0.2, 0.25) is 0 Å². The van der Waals surface area contributed by atoms with Gasteiger partial charge < -0.3 is 10.4 Å². The van der Waals surface area contributed by atoms with Crippen LogP contribution in [0.25, 0.3) is 0 Å². The van der Waals surface area contributed by atoms with Crippen LogP contribution in [0.15, 0.2) is 22.7 Å². The number of rotatable bonds is 3. The Morgan fingerprint density at radius 3 is 2.89 bits per heavy atom. The lowest BCUT2D eigenvalue weighted by Gasteiger charge is -2.05. The number of carboxylic acids is 1. The zero-order chi connectivity index (χ0) is 13.3. The fraction of sp³-hybridized carbons (Fsp3) is 0.0909. The zero-order valence-electron chi connectivity index (χ0n) is 9.20. The standard InChI is InChI=1S/C11H8BrFN2O2S/c1-5-9(11(16)17)10(18-15-5)14-6-2-3-8(13)7(12)4-6/h2-4,14H,1H3,(H,16,17). The normalized spacial score (nSPS) is 10.4. The van der Waals surface area contributed by atoms with E-state index in [2.05, 4.69) is 25.6 Å². The van der Waals surface area contributed by atoms with E-state index in [-0.39, 0.29) is 11.4 Å². The van der Waals surface area contributed by atoms with Gasteiger partial charge in [0, 0.05) is 5.69 Å². The summed E-state index contributed by atoms with van der Waals surface area (Å²) in [5.74, 6) is -1.41. The molecule has 4 nitrogen and oxygen atoms in total. The van der Waals surface area contributed by atoms with Crippen molar-refractivity contribution in [3.8, 4) is 0 Å². The van der Waals surface area contributed by atoms with Crippen molar-refractivity contribution in [1.82, 2.24) is 4.37 Å². The van der Waals surface area contributed by atoms with Crippen molar-refractivity contribution in [2.45, 2.75) is 6.92 Å². The molecule has 0 unspecified atom stereocenters. The number of nitrogens with zero attached hydrogens (tertiary/aromatic N) is 1. The largest absolute Gasteiger partial charge is 0.478 e. The summed E-state index contributed by atoms with van der Waals surface area (Å²) in [5.41, 5.74) is 1.19. The van der Waals surface area contributed by atoms with Crippen LogP contribution in [0, 0.1) is 12.7 Å². The lowest BCUT2D eigenvalue weighted by atomic mass is 10.2. The van der Waals surface area contributed by atoms with Crippen LogP contribution in [-0.4, -0.2) is 15.4 Å². The zero-order valence-corrected chi connectivity index (χ0v) is 11.6. The minimum absolute atomic E-state index is 0.139. The number of carbonyl (C=O) groups is 1. The molecule has 0 atom stereocenters. The van der Waals surface area contributed by atoms with Gasteiger partial charge in [-0.25, -0.2) is 9.18 Å². The maximum atomic E-state index is 13.1. The van der Waals surface area contributed by atoms with Gasteiger partial charge >= 0.3 is 5.97 Å². The molecule has 94 valence electrons. The van der Waals surface area contributed by atoms with Crippen LogP contribution in [-0.2, 0) is 0 Å². The number of aromatic carboxylic acids is 1. The number of carboxylic acid groups (broad SMARTS) is 1. The lowest BCUT2D eigenvalue weighted by Crippen LogP contribution is -2.01. The average molecular weight is 331 g/mol. The van der Waals surface area contributed by atoms with Gasteiger partial charge in [-0.05, 0) is 52.6 Å². The SMILES string of the molecule is Cc1nsc(Nc2ccc(F)c(Br)c2)c1C(=O)O. The molecule has 0 saturated heterocycles. The van der Waals surface area contributed by atoms with Crippen molar-refractivity contribution in [3.63, 3.8) is 0 Å². The Morgan fingerprint density at radius 1 is 1.56 bits per heavy atom. The topological polar surface area (TPSA) is 62.2 Å². The van der Waals surface area contributed by atoms with Gasteiger partial charge in [0.05, 0.1) is 10.2 Å². The first-order valence-electron chi connectivity index (χ1n) is 4.90. The number of aryl methyl sites for hydroxylation is 1. The Labute approximate surface area is 115 Å². The van der Waals surface area contributed by atoms with E-state index in [0.29, 0.717) is 20.9 Å². The van der Waals surface area contributed by atoms with Gasteiger partial charge in [-0.3, -0.25) is 0 Å². The molecule has 0 bridgehead atoms. The van der Waals surface area contributed by atoms with Gasteiger partial charge in [0.1, 0.15) is 16.4 Å². The van der Waals surface area contributed by atoms with Crippen molar-refractivity contribution in [2.75, 3.05) is 5.32 Å². The maximum Gasteiger partial charge on any atom is 0.340 e. The number of nitrogens with one attached hydrogen (secondary N) is 1. The molecule has 2 N–H and O–H groups in total. The molecule has 0 amide bonds. The summed E-state index contributed by atoms with van der Waals surface area (Å²) in [7, 11) is 0. The number of benzene rings is 1. The third-order valence-corrected chi connectivity index (χ3v) is 3.72. The van der Waals surface area contributed by atoms with E-state index in [0.717, 1.165) is 11.5 Å². The molecular formula is C11H8BrFN2O2S. The number of hydrogen-bond donors (Lipinski definition) is 2. The molecule has 1 aromatic carbocycles. The van der Waals surface area contributed by atoms with Crippen LogP contribution in [0.5, 0.6) is 0 Å². The molecular weight excluding hydrogens is 323 g/mol. The number of anilines is 2. The van der Waals surface area contributed by atoms with Gasteiger partial charge in [-0.2, -0.15) is 4.37 Å². The summed E-state index contributed by atoms with van der Waals surface area (Å²) in [6.45, 7) is 1.63. The second kappa shape index (κ2) is 5.03. The Bertz CT molecular complexity index is 615. The van der Waals surface area contributed by atoms with Crippen LogP contribution in [0.3, 0.4) is 0 Å². The van der Waals surface area contributed by atoms with E-state index in [1.807, 2.05) is 0 Å². The summed E-state index contributed by atoms with van der Waals surface area (Å²) < 4.78 is 17.4. The van der Waals surface area contributed by atoms with Crippen molar-refractivity contribution in [1.29, 1.82) is 0 Å². The van der Waals surface area contributed by atoms with Gasteiger partial charge in [-0.15, -0.1) is 0 Å². The van der Waals surface area contributed by atoms with Gasteiger partial charge in [0.15, 0.2) is 0 Å². The Kier molecular flexibility index (Phi) is 3.63. The van der Waals surface area contributed by atoms with E-state index in [9.17, 15) is 9.18 Å². The minimum atomic E-state index is -1.04. The molecule has 1 heterocycles. The smallest absolute Gasteiger partial charge is 0.340 e. The molecule has 1 aromatic heterocycles. The molecule has 0 spiro atoms. The van der Waals surface area contributed by atoms with E-state index < -0.39 is 5.97 Å². The molecule has 0 fully saturated rings. The molecule has 0 saturated carbocycles. The van der Waals surface area contributed by atoms with E-state index in [1.54, 1.807) is 6.92 Å². The lowest BCUT2D eigenvalue weighted by molar-refractivity contribution is 0.0697. The molecule has 0 aliphatic rings. The van der Waals surface area contributed by atoms with Crippen molar-refractivity contribution in [2.24, 2.45) is 0 Å². The summed E-state index contributed by atoms with van der Waals surface area (Å²) >= 11 is 4.13. The van der Waals surface area contributed by atoms with E-state index >= 15 is 0 Å². The maximum absolute atomic E-state index is 13.1. The van der Waals surface area contributed by atoms with Crippen LogP contribution >= 0.6 is 27.5 Å². The molecule has 0 aliphatic heterocycles. The molecule has 2 rings (SSSR count). The second-order valence-corrected chi connectivity index (χ2v) is 5.16. The Morgan fingerprint density at radius 2 is 2.28 bits per heavy atom. The summed E-state index contributed by atoms with van der Waals surface area (Å²) in [6, 6.07) is 4.36.